The summed E-state index contributed by atoms with van der Waals surface area (Å²) in [6.45, 7) is 3.34. The number of carbonyl (C=O) groups is 1. The Morgan fingerprint density at radius 3 is 2.84 bits per heavy atom. The molecule has 0 radical (unpaired) electrons. The quantitative estimate of drug-likeness (QED) is 0.776. The molecule has 1 amide bonds. The molecule has 106 valence electrons. The number of carbonyl (C=O) groups excluding carboxylic acids is 1. The molecule has 1 aromatic rings. The van der Waals surface area contributed by atoms with E-state index in [1.54, 1.807) is 6.26 Å². The summed E-state index contributed by atoms with van der Waals surface area (Å²) in [6, 6.07) is 3.75. The van der Waals surface area contributed by atoms with Crippen LogP contribution in [0, 0.1) is 5.92 Å². The molecule has 1 fully saturated rings. The van der Waals surface area contributed by atoms with E-state index in [9.17, 15) is 4.79 Å². The zero-order chi connectivity index (χ0) is 13.7. The van der Waals surface area contributed by atoms with Crippen LogP contribution in [-0.4, -0.2) is 56.1 Å². The van der Waals surface area contributed by atoms with Crippen molar-refractivity contribution >= 4 is 5.91 Å². The SMILES string of the molecule is CN(C)CCN(Cc1ccco1)C(=O)[C@H]1CCOC1. The Balaban J connectivity index is 1.97. The third kappa shape index (κ3) is 4.08. The first-order valence-electron chi connectivity index (χ1n) is 6.70. The van der Waals surface area contributed by atoms with Crippen molar-refractivity contribution in [1.82, 2.24) is 9.80 Å². The van der Waals surface area contributed by atoms with E-state index in [0.29, 0.717) is 26.3 Å². The average Bonchev–Trinajstić information content (AvgIpc) is 3.06. The molecule has 1 aromatic heterocycles. The van der Waals surface area contributed by atoms with Crippen LogP contribution in [0.5, 0.6) is 0 Å². The fraction of sp³-hybridized carbons (Fsp3) is 0.643. The fourth-order valence-electron chi connectivity index (χ4n) is 2.17. The molecule has 0 N–H and O–H groups in total. The van der Waals surface area contributed by atoms with Crippen LogP contribution in [0.1, 0.15) is 12.2 Å². The normalized spacial score (nSPS) is 19.0. The minimum atomic E-state index is 0.0112. The van der Waals surface area contributed by atoms with Gasteiger partial charge in [-0.1, -0.05) is 0 Å². The zero-order valence-corrected chi connectivity index (χ0v) is 11.7. The number of ether oxygens (including phenoxy) is 1. The summed E-state index contributed by atoms with van der Waals surface area (Å²) in [7, 11) is 4.02. The largest absolute Gasteiger partial charge is 0.467 e. The maximum Gasteiger partial charge on any atom is 0.228 e. The first-order valence-corrected chi connectivity index (χ1v) is 6.70. The highest BCUT2D eigenvalue weighted by Gasteiger charge is 2.28. The molecule has 2 heterocycles. The van der Waals surface area contributed by atoms with Crippen molar-refractivity contribution in [3.8, 4) is 0 Å². The molecule has 0 saturated carbocycles. The van der Waals surface area contributed by atoms with Crippen LogP contribution in [0.3, 0.4) is 0 Å². The Bertz CT molecular complexity index is 383. The lowest BCUT2D eigenvalue weighted by Crippen LogP contribution is -2.40. The molecule has 19 heavy (non-hydrogen) atoms. The minimum absolute atomic E-state index is 0.0112. The lowest BCUT2D eigenvalue weighted by Gasteiger charge is -2.25. The Morgan fingerprint density at radius 1 is 1.42 bits per heavy atom. The van der Waals surface area contributed by atoms with Crippen molar-refractivity contribution in [1.29, 1.82) is 0 Å². The van der Waals surface area contributed by atoms with Crippen LogP contribution in [0.4, 0.5) is 0 Å². The van der Waals surface area contributed by atoms with Crippen molar-refractivity contribution in [3.05, 3.63) is 24.2 Å². The van der Waals surface area contributed by atoms with E-state index in [2.05, 4.69) is 4.90 Å². The monoisotopic (exact) mass is 266 g/mol. The second-order valence-electron chi connectivity index (χ2n) is 5.20. The lowest BCUT2D eigenvalue weighted by molar-refractivity contribution is -0.136. The third-order valence-corrected chi connectivity index (χ3v) is 3.33. The summed E-state index contributed by atoms with van der Waals surface area (Å²) < 4.78 is 10.7. The molecule has 1 atom stereocenters. The molecule has 0 aliphatic carbocycles. The molecule has 1 saturated heterocycles. The van der Waals surface area contributed by atoms with E-state index >= 15 is 0 Å². The Labute approximate surface area is 114 Å². The highest BCUT2D eigenvalue weighted by molar-refractivity contribution is 5.79. The topological polar surface area (TPSA) is 45.9 Å². The maximum absolute atomic E-state index is 12.5. The predicted octanol–water partition coefficient (Wildman–Crippen LogP) is 1.21. The van der Waals surface area contributed by atoms with E-state index in [0.717, 1.165) is 18.7 Å². The summed E-state index contributed by atoms with van der Waals surface area (Å²) in [5, 5.41) is 0. The van der Waals surface area contributed by atoms with Crippen molar-refractivity contribution < 1.29 is 13.9 Å². The van der Waals surface area contributed by atoms with Crippen molar-refractivity contribution in [3.63, 3.8) is 0 Å². The molecule has 1 aliphatic heterocycles. The molecule has 5 nitrogen and oxygen atoms in total. The van der Waals surface area contributed by atoms with Gasteiger partial charge in [0.25, 0.3) is 0 Å². The number of nitrogens with zero attached hydrogens (tertiary/aromatic N) is 2. The van der Waals surface area contributed by atoms with E-state index < -0.39 is 0 Å². The molecule has 0 spiro atoms. The second-order valence-corrected chi connectivity index (χ2v) is 5.20. The average molecular weight is 266 g/mol. The van der Waals surface area contributed by atoms with Crippen LogP contribution in [0.2, 0.25) is 0 Å². The summed E-state index contributed by atoms with van der Waals surface area (Å²) in [6.07, 6.45) is 2.47. The van der Waals surface area contributed by atoms with Crippen molar-refractivity contribution in [2.45, 2.75) is 13.0 Å². The van der Waals surface area contributed by atoms with E-state index in [4.69, 9.17) is 9.15 Å². The van der Waals surface area contributed by atoms with Crippen LogP contribution < -0.4 is 0 Å². The Morgan fingerprint density at radius 2 is 2.26 bits per heavy atom. The van der Waals surface area contributed by atoms with Gasteiger partial charge in [0, 0.05) is 19.7 Å². The van der Waals surface area contributed by atoms with Gasteiger partial charge in [-0.2, -0.15) is 0 Å². The number of amides is 1. The fourth-order valence-corrected chi connectivity index (χ4v) is 2.17. The van der Waals surface area contributed by atoms with Gasteiger partial charge >= 0.3 is 0 Å². The number of rotatable bonds is 6. The van der Waals surface area contributed by atoms with Crippen LogP contribution >= 0.6 is 0 Å². The van der Waals surface area contributed by atoms with Gasteiger partial charge in [-0.15, -0.1) is 0 Å². The first-order chi connectivity index (χ1) is 9.16. The highest BCUT2D eigenvalue weighted by Crippen LogP contribution is 2.17. The molecule has 1 aliphatic rings. The second kappa shape index (κ2) is 6.73. The van der Waals surface area contributed by atoms with Gasteiger partial charge in [0.2, 0.25) is 5.91 Å². The van der Waals surface area contributed by atoms with Gasteiger partial charge < -0.3 is 19.0 Å². The molecular weight excluding hydrogens is 244 g/mol. The molecular formula is C14H22N2O3. The Kier molecular flexibility index (Phi) is 4.99. The van der Waals surface area contributed by atoms with Gasteiger partial charge in [-0.3, -0.25) is 4.79 Å². The summed E-state index contributed by atoms with van der Waals surface area (Å²) in [5.74, 6) is 1.01. The number of furan rings is 1. The van der Waals surface area contributed by atoms with E-state index in [-0.39, 0.29) is 11.8 Å². The van der Waals surface area contributed by atoms with E-state index in [1.807, 2.05) is 31.1 Å². The van der Waals surface area contributed by atoms with Gasteiger partial charge in [0.15, 0.2) is 0 Å². The van der Waals surface area contributed by atoms with E-state index in [1.165, 1.54) is 0 Å². The standard InChI is InChI=1S/C14H22N2O3/c1-15(2)6-7-16(10-13-4-3-8-19-13)14(17)12-5-9-18-11-12/h3-4,8,12H,5-7,9-11H2,1-2H3/t12-/m0/s1. The van der Waals surface area contributed by atoms with Gasteiger partial charge in [-0.05, 0) is 32.6 Å². The highest BCUT2D eigenvalue weighted by atomic mass is 16.5. The van der Waals surface area contributed by atoms with Gasteiger partial charge in [0.1, 0.15) is 5.76 Å². The zero-order valence-electron chi connectivity index (χ0n) is 11.7. The summed E-state index contributed by atoms with van der Waals surface area (Å²) in [5.41, 5.74) is 0. The number of hydrogen-bond donors (Lipinski definition) is 0. The van der Waals surface area contributed by atoms with Gasteiger partial charge in [-0.25, -0.2) is 0 Å². The smallest absolute Gasteiger partial charge is 0.228 e. The first kappa shape index (κ1) is 14.1. The molecule has 2 rings (SSSR count). The van der Waals surface area contributed by atoms with Crippen LogP contribution in [-0.2, 0) is 16.1 Å². The van der Waals surface area contributed by atoms with Crippen LogP contribution in [0.15, 0.2) is 22.8 Å². The lowest BCUT2D eigenvalue weighted by atomic mass is 10.1. The molecule has 0 aromatic carbocycles. The molecule has 0 bridgehead atoms. The van der Waals surface area contributed by atoms with Crippen molar-refractivity contribution in [2.24, 2.45) is 5.92 Å². The van der Waals surface area contributed by atoms with Crippen LogP contribution in [0.25, 0.3) is 0 Å². The number of likely N-dealkylation sites (N-methyl/N-ethyl adjacent to an activating group) is 1. The molecule has 0 unspecified atom stereocenters. The predicted molar refractivity (Wildman–Crippen MR) is 71.6 cm³/mol. The van der Waals surface area contributed by atoms with Crippen molar-refractivity contribution in [2.75, 3.05) is 40.4 Å². The minimum Gasteiger partial charge on any atom is -0.467 e. The number of hydrogen-bond acceptors (Lipinski definition) is 4. The van der Waals surface area contributed by atoms with Gasteiger partial charge in [0.05, 0.1) is 25.3 Å². The summed E-state index contributed by atoms with van der Waals surface area (Å²) >= 11 is 0. The summed E-state index contributed by atoms with van der Waals surface area (Å²) in [4.78, 5) is 16.4. The maximum atomic E-state index is 12.5. The third-order valence-electron chi connectivity index (χ3n) is 3.33. The molecule has 5 heteroatoms. The Hall–Kier alpha value is -1.33.